The second-order valence-electron chi connectivity index (χ2n) is 13.0. The molecule has 1 aliphatic carbocycles. The Bertz CT molecular complexity index is 2670. The zero-order valence-corrected chi connectivity index (χ0v) is 28.1. The average Bonchev–Trinajstić information content (AvgIpc) is 3.74. The molecule has 5 aromatic carbocycles. The Morgan fingerprint density at radius 2 is 1.52 bits per heavy atom. The third-order valence-corrected chi connectivity index (χ3v) is 11.1. The molecule has 0 saturated carbocycles. The van der Waals surface area contributed by atoms with Crippen molar-refractivity contribution in [2.75, 3.05) is 6.54 Å². The van der Waals surface area contributed by atoms with E-state index in [2.05, 4.69) is 155 Å². The maximum Gasteiger partial charge on any atom is 0.157 e. The molecule has 5 nitrogen and oxygen atoms in total. The van der Waals surface area contributed by atoms with Crippen LogP contribution < -0.4 is 10.6 Å². The van der Waals surface area contributed by atoms with Gasteiger partial charge in [0.2, 0.25) is 0 Å². The van der Waals surface area contributed by atoms with Crippen molar-refractivity contribution in [2.45, 2.75) is 19.0 Å². The number of nitrogens with zero attached hydrogens (tertiary/aromatic N) is 3. The fourth-order valence-electron chi connectivity index (χ4n) is 7.47. The van der Waals surface area contributed by atoms with Gasteiger partial charge in [0.25, 0.3) is 0 Å². The van der Waals surface area contributed by atoms with Crippen molar-refractivity contribution in [3.63, 3.8) is 0 Å². The summed E-state index contributed by atoms with van der Waals surface area (Å²) in [5, 5.41) is 12.5. The third kappa shape index (κ3) is 4.83. The fraction of sp³-hybridized carbons (Fsp3) is 0.0909. The van der Waals surface area contributed by atoms with Gasteiger partial charge in [-0.05, 0) is 53.8 Å². The smallest absolute Gasteiger partial charge is 0.157 e. The maximum atomic E-state index is 5.14. The number of hydrogen-bond acceptors (Lipinski definition) is 5. The van der Waals surface area contributed by atoms with Crippen LogP contribution in [0.4, 0.5) is 0 Å². The van der Waals surface area contributed by atoms with Crippen molar-refractivity contribution < 1.29 is 0 Å². The van der Waals surface area contributed by atoms with Crippen LogP contribution in [0.15, 0.2) is 167 Å². The molecule has 2 N–H and O–H groups in total. The highest BCUT2D eigenvalue weighted by atomic mass is 32.1. The Morgan fingerprint density at radius 3 is 2.34 bits per heavy atom. The van der Waals surface area contributed by atoms with Crippen molar-refractivity contribution in [1.29, 1.82) is 0 Å². The van der Waals surface area contributed by atoms with Crippen LogP contribution in [0, 0.1) is 0 Å². The molecule has 2 aliphatic heterocycles. The van der Waals surface area contributed by atoms with Gasteiger partial charge in [0.1, 0.15) is 17.8 Å². The lowest BCUT2D eigenvalue weighted by molar-refractivity contribution is 0.672. The zero-order chi connectivity index (χ0) is 33.0. The van der Waals surface area contributed by atoms with E-state index in [9.17, 15) is 0 Å². The number of fused-ring (bicyclic) bond motifs is 7. The lowest BCUT2D eigenvalue weighted by Gasteiger charge is -2.26. The lowest BCUT2D eigenvalue weighted by Crippen LogP contribution is -2.35. The van der Waals surface area contributed by atoms with Gasteiger partial charge in [-0.2, -0.15) is 0 Å². The summed E-state index contributed by atoms with van der Waals surface area (Å²) < 4.78 is 5.04. The van der Waals surface area contributed by atoms with E-state index in [1.807, 2.05) is 17.4 Å². The summed E-state index contributed by atoms with van der Waals surface area (Å²) >= 11 is 1.87. The Kier molecular flexibility index (Phi) is 6.88. The fourth-order valence-corrected chi connectivity index (χ4v) is 8.71. The molecular formula is C44H33N5S. The van der Waals surface area contributed by atoms with E-state index in [0.717, 1.165) is 47.0 Å². The first kappa shape index (κ1) is 29.0. The van der Waals surface area contributed by atoms with E-state index in [0.29, 0.717) is 6.54 Å². The van der Waals surface area contributed by atoms with E-state index in [1.165, 1.54) is 53.1 Å². The summed E-state index contributed by atoms with van der Waals surface area (Å²) in [6, 6.07) is 41.3. The SMILES string of the molecule is C1=CC(C2=NC(C3=CC=C(n4c5cc(-c6ccccc6)ccc5c5ccc6c7ccccc7sc6c54)NC3)=NC(c3ccccc3)N2)=CCC1. The van der Waals surface area contributed by atoms with Crippen LogP contribution in [-0.4, -0.2) is 22.8 Å². The zero-order valence-electron chi connectivity index (χ0n) is 27.3. The van der Waals surface area contributed by atoms with Gasteiger partial charge in [0, 0.05) is 43.9 Å². The van der Waals surface area contributed by atoms with Gasteiger partial charge in [-0.3, -0.25) is 4.57 Å². The molecule has 0 fully saturated rings. The van der Waals surface area contributed by atoms with E-state index in [-0.39, 0.29) is 6.17 Å². The Hall–Kier alpha value is -5.98. The highest BCUT2D eigenvalue weighted by Gasteiger charge is 2.25. The van der Waals surface area contributed by atoms with E-state index in [4.69, 9.17) is 9.98 Å². The van der Waals surface area contributed by atoms with E-state index < -0.39 is 0 Å². The molecule has 0 bridgehead atoms. The molecule has 10 rings (SSSR count). The highest BCUT2D eigenvalue weighted by molar-refractivity contribution is 7.26. The van der Waals surface area contributed by atoms with Gasteiger partial charge in [0.15, 0.2) is 5.84 Å². The summed E-state index contributed by atoms with van der Waals surface area (Å²) in [6.07, 6.45) is 12.9. The van der Waals surface area contributed by atoms with Crippen LogP contribution >= 0.6 is 11.3 Å². The monoisotopic (exact) mass is 663 g/mol. The van der Waals surface area contributed by atoms with Gasteiger partial charge in [-0.1, -0.05) is 121 Å². The Balaban J connectivity index is 1.15. The lowest BCUT2D eigenvalue weighted by atomic mass is 10.0. The minimum absolute atomic E-state index is 0.212. The second kappa shape index (κ2) is 11.9. The molecule has 0 saturated heterocycles. The molecule has 240 valence electrons. The molecule has 6 heteroatoms. The molecule has 0 amide bonds. The number of dihydropyridines is 1. The predicted molar refractivity (Wildman–Crippen MR) is 212 cm³/mol. The number of nitrogens with one attached hydrogen (secondary N) is 2. The molecule has 4 heterocycles. The van der Waals surface area contributed by atoms with Crippen LogP contribution in [0.5, 0.6) is 0 Å². The van der Waals surface area contributed by atoms with Crippen LogP contribution in [0.25, 0.3) is 58.9 Å². The van der Waals surface area contributed by atoms with Crippen LogP contribution in [0.2, 0.25) is 0 Å². The number of hydrogen-bond donors (Lipinski definition) is 2. The van der Waals surface area contributed by atoms with Crippen molar-refractivity contribution in [2.24, 2.45) is 9.98 Å². The van der Waals surface area contributed by atoms with Crippen LogP contribution in [0.3, 0.4) is 0 Å². The molecule has 1 atom stereocenters. The predicted octanol–water partition coefficient (Wildman–Crippen LogP) is 10.5. The molecule has 1 unspecified atom stereocenters. The molecule has 0 spiro atoms. The summed E-state index contributed by atoms with van der Waals surface area (Å²) in [4.78, 5) is 10.2. The van der Waals surface area contributed by atoms with Gasteiger partial charge in [-0.15, -0.1) is 11.3 Å². The topological polar surface area (TPSA) is 53.7 Å². The quantitative estimate of drug-likeness (QED) is 0.193. The summed E-state index contributed by atoms with van der Waals surface area (Å²) in [5.41, 5.74) is 8.13. The molecule has 50 heavy (non-hydrogen) atoms. The molecule has 3 aliphatic rings. The van der Waals surface area contributed by atoms with Crippen LogP contribution in [-0.2, 0) is 0 Å². The first-order valence-corrected chi connectivity index (χ1v) is 18.0. The van der Waals surface area contributed by atoms with Crippen LogP contribution in [0.1, 0.15) is 24.6 Å². The van der Waals surface area contributed by atoms with Gasteiger partial charge in [-0.25, -0.2) is 9.98 Å². The third-order valence-electron chi connectivity index (χ3n) is 9.94. The Morgan fingerprint density at radius 1 is 0.720 bits per heavy atom. The maximum absolute atomic E-state index is 5.14. The van der Waals surface area contributed by atoms with Crippen molar-refractivity contribution >= 4 is 70.8 Å². The number of allylic oxidation sites excluding steroid dienone is 4. The number of aromatic nitrogens is 1. The van der Waals surface area contributed by atoms with Gasteiger partial charge < -0.3 is 10.6 Å². The highest BCUT2D eigenvalue weighted by Crippen LogP contribution is 2.43. The Labute approximate surface area is 294 Å². The number of benzene rings is 5. The minimum atomic E-state index is -0.212. The van der Waals surface area contributed by atoms with Crippen molar-refractivity contribution in [1.82, 2.24) is 15.2 Å². The van der Waals surface area contributed by atoms with E-state index >= 15 is 0 Å². The largest absolute Gasteiger partial charge is 0.367 e. The number of rotatable bonds is 5. The molecule has 0 radical (unpaired) electrons. The van der Waals surface area contributed by atoms with Gasteiger partial charge >= 0.3 is 0 Å². The normalized spacial score (nSPS) is 17.6. The number of amidine groups is 2. The summed E-state index contributed by atoms with van der Waals surface area (Å²) in [7, 11) is 0. The van der Waals surface area contributed by atoms with Crippen molar-refractivity contribution in [3.8, 4) is 11.1 Å². The first-order valence-electron chi connectivity index (χ1n) is 17.2. The van der Waals surface area contributed by atoms with Gasteiger partial charge in [0.05, 0.1) is 15.7 Å². The molecule has 7 aromatic rings. The van der Waals surface area contributed by atoms with E-state index in [1.54, 1.807) is 0 Å². The van der Waals surface area contributed by atoms with Crippen molar-refractivity contribution in [3.05, 3.63) is 162 Å². The molecular weight excluding hydrogens is 631 g/mol. The standard InChI is InChI=1S/C44H33N5S/c1-4-12-28(13-5-1)31-20-22-33-35-23-24-36-34-18-10-11-19-38(34)50-41(36)40(35)49(37(33)26-31)39-25-21-32(27-45-39)44-47-42(29-14-6-2-7-15-29)46-43(48-44)30-16-8-3-9-17-30/h1-2,4-8,10-26,42,45H,3,9,27H2,(H,46,47,48). The first-order chi connectivity index (χ1) is 24.8. The summed E-state index contributed by atoms with van der Waals surface area (Å²) in [5.74, 6) is 2.68. The average molecular weight is 664 g/mol. The molecule has 2 aromatic heterocycles. The number of thiophene rings is 1. The number of aliphatic imine (C=N–C) groups is 2. The minimum Gasteiger partial charge on any atom is -0.367 e. The summed E-state index contributed by atoms with van der Waals surface area (Å²) in [6.45, 7) is 0.611. The second-order valence-corrected chi connectivity index (χ2v) is 14.0.